The van der Waals surface area contributed by atoms with Crippen molar-refractivity contribution in [3.8, 4) is 0 Å². The molecule has 10 nitrogen and oxygen atoms in total. The summed E-state index contributed by atoms with van der Waals surface area (Å²) < 4.78 is 5.79. The summed E-state index contributed by atoms with van der Waals surface area (Å²) in [5.74, 6) is -0.0637. The minimum atomic E-state index is -1.14. The maximum atomic E-state index is 12.8. The predicted octanol–water partition coefficient (Wildman–Crippen LogP) is -0.259. The molecule has 3 heterocycles. The molecule has 5 atom stereocenters. The number of rotatable bonds is 6. The standard InChI is InChI=1S/C23H41N5O5/c29-20(28-12-10-27(11-13-28)19-8-4-5-9-24-19)14-17-21(30)22(31)18(33-17)15-25-23(32)26-16-6-2-1-3-7-16/h16-19,21-22,24,30-31H,1-15H2,(H2,25,26,32)/t17-,18-,19?,21+,22-/m1/s1. The summed E-state index contributed by atoms with van der Waals surface area (Å²) in [6, 6.07) is -0.0875. The number of carbonyl (C=O) groups excluding carboxylic acids is 2. The smallest absolute Gasteiger partial charge is 0.315 e. The summed E-state index contributed by atoms with van der Waals surface area (Å²) in [5, 5.41) is 30.1. The van der Waals surface area contributed by atoms with Crippen LogP contribution in [-0.4, -0.2) is 108 Å². The summed E-state index contributed by atoms with van der Waals surface area (Å²) >= 11 is 0. The molecule has 188 valence electrons. The quantitative estimate of drug-likeness (QED) is 0.364. The largest absolute Gasteiger partial charge is 0.388 e. The van der Waals surface area contributed by atoms with Gasteiger partial charge in [-0.05, 0) is 38.6 Å². The van der Waals surface area contributed by atoms with Crippen LogP contribution in [0, 0.1) is 0 Å². The molecule has 0 aromatic rings. The van der Waals surface area contributed by atoms with E-state index in [9.17, 15) is 19.8 Å². The molecule has 1 saturated carbocycles. The van der Waals surface area contributed by atoms with Crippen LogP contribution >= 0.6 is 0 Å². The lowest BCUT2D eigenvalue weighted by atomic mass is 9.96. The van der Waals surface area contributed by atoms with Gasteiger partial charge in [0.1, 0.15) is 18.3 Å². The van der Waals surface area contributed by atoms with Gasteiger partial charge in [0.15, 0.2) is 0 Å². The molecule has 3 aliphatic heterocycles. The van der Waals surface area contributed by atoms with E-state index in [4.69, 9.17) is 4.74 Å². The monoisotopic (exact) mass is 467 g/mol. The van der Waals surface area contributed by atoms with E-state index >= 15 is 0 Å². The molecule has 3 saturated heterocycles. The van der Waals surface area contributed by atoms with Crippen molar-refractivity contribution in [3.63, 3.8) is 0 Å². The molecule has 4 aliphatic rings. The first kappa shape index (κ1) is 24.7. The molecule has 0 spiro atoms. The molecule has 4 rings (SSSR count). The lowest BCUT2D eigenvalue weighted by Gasteiger charge is -2.41. The van der Waals surface area contributed by atoms with Gasteiger partial charge in [0.2, 0.25) is 5.91 Å². The summed E-state index contributed by atoms with van der Waals surface area (Å²) in [6.07, 6.45) is 5.75. The number of piperazine rings is 1. The average molecular weight is 468 g/mol. The average Bonchev–Trinajstić information content (AvgIpc) is 3.12. The van der Waals surface area contributed by atoms with Crippen LogP contribution in [-0.2, 0) is 9.53 Å². The molecule has 0 radical (unpaired) electrons. The minimum absolute atomic E-state index is 0.0324. The molecule has 4 fully saturated rings. The van der Waals surface area contributed by atoms with Crippen LogP contribution in [0.4, 0.5) is 4.79 Å². The van der Waals surface area contributed by atoms with Crippen molar-refractivity contribution in [3.05, 3.63) is 0 Å². The molecule has 1 unspecified atom stereocenters. The van der Waals surface area contributed by atoms with Crippen LogP contribution in [0.3, 0.4) is 0 Å². The van der Waals surface area contributed by atoms with E-state index in [0.29, 0.717) is 19.3 Å². The Labute approximate surface area is 196 Å². The third kappa shape index (κ3) is 6.57. The first-order valence-corrected chi connectivity index (χ1v) is 12.8. The Morgan fingerprint density at radius 3 is 2.30 bits per heavy atom. The number of carbonyl (C=O) groups is 2. The molecule has 33 heavy (non-hydrogen) atoms. The Kier molecular flexibility index (Phi) is 8.81. The second-order valence-electron chi connectivity index (χ2n) is 9.97. The van der Waals surface area contributed by atoms with E-state index in [-0.39, 0.29) is 30.9 Å². The number of nitrogens with zero attached hydrogens (tertiary/aromatic N) is 2. The van der Waals surface area contributed by atoms with Crippen LogP contribution in [0.5, 0.6) is 0 Å². The van der Waals surface area contributed by atoms with Gasteiger partial charge in [-0.15, -0.1) is 0 Å². The summed E-state index contributed by atoms with van der Waals surface area (Å²) in [7, 11) is 0. The number of hydrogen-bond donors (Lipinski definition) is 5. The van der Waals surface area contributed by atoms with Crippen molar-refractivity contribution in [2.75, 3.05) is 39.3 Å². The number of aliphatic hydroxyl groups excluding tert-OH is 2. The number of piperidine rings is 1. The van der Waals surface area contributed by atoms with E-state index in [2.05, 4.69) is 20.9 Å². The second-order valence-corrected chi connectivity index (χ2v) is 9.97. The van der Waals surface area contributed by atoms with Crippen LogP contribution in [0.25, 0.3) is 0 Å². The molecular weight excluding hydrogens is 426 g/mol. The highest BCUT2D eigenvalue weighted by atomic mass is 16.5. The highest BCUT2D eigenvalue weighted by molar-refractivity contribution is 5.77. The number of urea groups is 1. The van der Waals surface area contributed by atoms with Crippen molar-refractivity contribution in [2.45, 2.75) is 94.4 Å². The molecule has 5 N–H and O–H groups in total. The second kappa shape index (κ2) is 11.8. The SMILES string of the molecule is O=C(NC[C@H]1O[C@H](CC(=O)N2CCN(C3CCCCN3)CC2)[C@H](O)[C@@H]1O)NC1CCCCC1. The van der Waals surface area contributed by atoms with Crippen molar-refractivity contribution in [1.82, 2.24) is 25.8 Å². The van der Waals surface area contributed by atoms with Gasteiger partial charge in [0.05, 0.1) is 18.7 Å². The van der Waals surface area contributed by atoms with Crippen molar-refractivity contribution >= 4 is 11.9 Å². The predicted molar refractivity (Wildman–Crippen MR) is 122 cm³/mol. The first-order valence-electron chi connectivity index (χ1n) is 12.8. The van der Waals surface area contributed by atoms with Gasteiger partial charge >= 0.3 is 6.03 Å². The lowest BCUT2D eigenvalue weighted by molar-refractivity contribution is -0.137. The third-order valence-electron chi connectivity index (χ3n) is 7.63. The van der Waals surface area contributed by atoms with E-state index in [0.717, 1.165) is 51.7 Å². The number of amides is 3. The highest BCUT2D eigenvalue weighted by Crippen LogP contribution is 2.25. The molecule has 0 aromatic heterocycles. The van der Waals surface area contributed by atoms with Crippen molar-refractivity contribution in [1.29, 1.82) is 0 Å². The maximum Gasteiger partial charge on any atom is 0.315 e. The highest BCUT2D eigenvalue weighted by Gasteiger charge is 2.44. The summed E-state index contributed by atoms with van der Waals surface area (Å²) in [6.45, 7) is 4.14. The van der Waals surface area contributed by atoms with E-state index in [1.165, 1.54) is 19.3 Å². The van der Waals surface area contributed by atoms with Crippen LogP contribution in [0.15, 0.2) is 0 Å². The van der Waals surface area contributed by atoms with Gasteiger partial charge < -0.3 is 35.8 Å². The molecule has 0 aromatic carbocycles. The fraction of sp³-hybridized carbons (Fsp3) is 0.913. The Balaban J connectivity index is 1.18. The Morgan fingerprint density at radius 2 is 1.61 bits per heavy atom. The third-order valence-corrected chi connectivity index (χ3v) is 7.63. The van der Waals surface area contributed by atoms with Gasteiger partial charge in [0, 0.05) is 38.8 Å². The lowest BCUT2D eigenvalue weighted by Crippen LogP contribution is -2.57. The van der Waals surface area contributed by atoms with E-state index < -0.39 is 24.4 Å². The first-order chi connectivity index (χ1) is 16.0. The fourth-order valence-electron chi connectivity index (χ4n) is 5.57. The normalized spacial score (nSPS) is 34.2. The van der Waals surface area contributed by atoms with Gasteiger partial charge in [-0.1, -0.05) is 19.3 Å². The fourth-order valence-corrected chi connectivity index (χ4v) is 5.57. The maximum absolute atomic E-state index is 12.8. The summed E-state index contributed by atoms with van der Waals surface area (Å²) in [5.41, 5.74) is 0. The van der Waals surface area contributed by atoms with Crippen LogP contribution in [0.2, 0.25) is 0 Å². The minimum Gasteiger partial charge on any atom is -0.388 e. The molecular formula is C23H41N5O5. The van der Waals surface area contributed by atoms with Gasteiger partial charge in [0.25, 0.3) is 0 Å². The van der Waals surface area contributed by atoms with E-state index in [1.54, 1.807) is 0 Å². The molecule has 1 aliphatic carbocycles. The van der Waals surface area contributed by atoms with Crippen molar-refractivity contribution < 1.29 is 24.5 Å². The number of nitrogens with one attached hydrogen (secondary N) is 3. The Morgan fingerprint density at radius 1 is 0.909 bits per heavy atom. The van der Waals surface area contributed by atoms with Crippen LogP contribution in [0.1, 0.15) is 57.8 Å². The zero-order valence-electron chi connectivity index (χ0n) is 19.6. The number of hydrogen-bond acceptors (Lipinski definition) is 7. The Hall–Kier alpha value is -1.46. The van der Waals surface area contributed by atoms with E-state index in [1.807, 2.05) is 4.90 Å². The zero-order chi connectivity index (χ0) is 23.2. The van der Waals surface area contributed by atoms with Gasteiger partial charge in [-0.25, -0.2) is 4.79 Å². The zero-order valence-corrected chi connectivity index (χ0v) is 19.6. The van der Waals surface area contributed by atoms with Crippen molar-refractivity contribution in [2.24, 2.45) is 0 Å². The Bertz CT molecular complexity index is 647. The van der Waals surface area contributed by atoms with Gasteiger partial charge in [-0.2, -0.15) is 0 Å². The number of ether oxygens (including phenoxy) is 1. The molecule has 10 heteroatoms. The van der Waals surface area contributed by atoms with Gasteiger partial charge in [-0.3, -0.25) is 9.69 Å². The van der Waals surface area contributed by atoms with Crippen LogP contribution < -0.4 is 16.0 Å². The molecule has 3 amide bonds. The number of aliphatic hydroxyl groups is 2. The topological polar surface area (TPSA) is 126 Å². The summed E-state index contributed by atoms with van der Waals surface area (Å²) in [4.78, 5) is 29.2. The molecule has 0 bridgehead atoms.